The first-order valence-corrected chi connectivity index (χ1v) is 10.1. The molecule has 0 aromatic heterocycles. The van der Waals surface area contributed by atoms with E-state index in [2.05, 4.69) is 13.8 Å². The summed E-state index contributed by atoms with van der Waals surface area (Å²) in [6.45, 7) is 5.77. The predicted octanol–water partition coefficient (Wildman–Crippen LogP) is 2.99. The van der Waals surface area contributed by atoms with E-state index in [1.54, 1.807) is 28.6 Å². The predicted molar refractivity (Wildman–Crippen MR) is 93.2 cm³/mol. The third-order valence-corrected chi connectivity index (χ3v) is 6.10. The van der Waals surface area contributed by atoms with Gasteiger partial charge in [-0.2, -0.15) is 4.31 Å². The smallest absolute Gasteiger partial charge is 0.310 e. The maximum Gasteiger partial charge on any atom is 0.310 e. The molecule has 134 valence electrons. The van der Waals surface area contributed by atoms with Gasteiger partial charge in [0.05, 0.1) is 17.9 Å². The summed E-state index contributed by atoms with van der Waals surface area (Å²) >= 11 is 0. The molecule has 5 nitrogen and oxygen atoms in total. The van der Waals surface area contributed by atoms with Crippen LogP contribution in [0.15, 0.2) is 29.2 Å². The van der Waals surface area contributed by atoms with E-state index in [9.17, 15) is 13.2 Å². The zero-order chi connectivity index (χ0) is 17.6. The molecule has 0 aliphatic carbocycles. The van der Waals surface area contributed by atoms with E-state index in [0.29, 0.717) is 30.5 Å². The molecular weight excluding hydrogens is 326 g/mol. The molecule has 2 rings (SSSR count). The van der Waals surface area contributed by atoms with Gasteiger partial charge in [-0.05, 0) is 42.9 Å². The normalized spacial score (nSPS) is 16.3. The minimum absolute atomic E-state index is 0.169. The molecule has 0 unspecified atom stereocenters. The highest BCUT2D eigenvalue weighted by molar-refractivity contribution is 7.89. The van der Waals surface area contributed by atoms with E-state index >= 15 is 0 Å². The van der Waals surface area contributed by atoms with Crippen molar-refractivity contribution in [3.05, 3.63) is 29.8 Å². The number of esters is 1. The van der Waals surface area contributed by atoms with Gasteiger partial charge in [-0.15, -0.1) is 0 Å². The highest BCUT2D eigenvalue weighted by Crippen LogP contribution is 2.21. The van der Waals surface area contributed by atoms with Crippen LogP contribution in [0.25, 0.3) is 0 Å². The summed E-state index contributed by atoms with van der Waals surface area (Å²) in [7, 11) is -3.41. The molecule has 1 aliphatic heterocycles. The zero-order valence-electron chi connectivity index (χ0n) is 14.5. The summed E-state index contributed by atoms with van der Waals surface area (Å²) < 4.78 is 31.9. The van der Waals surface area contributed by atoms with E-state index in [0.717, 1.165) is 31.2 Å². The van der Waals surface area contributed by atoms with Crippen molar-refractivity contribution < 1.29 is 17.9 Å². The topological polar surface area (TPSA) is 63.7 Å². The number of hydrogen-bond donors (Lipinski definition) is 0. The number of nitrogens with zero attached hydrogens (tertiary/aromatic N) is 1. The summed E-state index contributed by atoms with van der Waals surface area (Å²) in [5.74, 6) is 0.222. The first kappa shape index (κ1) is 18.9. The first-order valence-electron chi connectivity index (χ1n) is 8.64. The van der Waals surface area contributed by atoms with Gasteiger partial charge in [0.2, 0.25) is 10.0 Å². The largest absolute Gasteiger partial charge is 0.465 e. The molecule has 0 spiro atoms. The van der Waals surface area contributed by atoms with Crippen LogP contribution in [0.5, 0.6) is 0 Å². The Balaban J connectivity index is 1.93. The van der Waals surface area contributed by atoms with Crippen LogP contribution in [0, 0.1) is 5.92 Å². The number of piperidine rings is 1. The van der Waals surface area contributed by atoms with Gasteiger partial charge in [0.25, 0.3) is 0 Å². The van der Waals surface area contributed by atoms with Crippen molar-refractivity contribution in [2.24, 2.45) is 5.92 Å². The van der Waals surface area contributed by atoms with Gasteiger partial charge in [-0.3, -0.25) is 4.79 Å². The van der Waals surface area contributed by atoms with Crippen LogP contribution >= 0.6 is 0 Å². The summed E-state index contributed by atoms with van der Waals surface area (Å²) in [5, 5.41) is 0. The van der Waals surface area contributed by atoms with Crippen LogP contribution < -0.4 is 0 Å². The fourth-order valence-corrected chi connectivity index (χ4v) is 4.18. The van der Waals surface area contributed by atoms with Crippen molar-refractivity contribution in [1.82, 2.24) is 4.31 Å². The van der Waals surface area contributed by atoms with Crippen molar-refractivity contribution in [1.29, 1.82) is 0 Å². The summed E-state index contributed by atoms with van der Waals surface area (Å²) in [4.78, 5) is 12.1. The van der Waals surface area contributed by atoms with Crippen LogP contribution in [0.2, 0.25) is 0 Å². The Morgan fingerprint density at radius 2 is 1.75 bits per heavy atom. The molecule has 1 aliphatic rings. The molecule has 1 saturated heterocycles. The Labute approximate surface area is 145 Å². The molecule has 0 N–H and O–H groups in total. The maximum atomic E-state index is 12.6. The number of ether oxygens (including phenoxy) is 1. The summed E-state index contributed by atoms with van der Waals surface area (Å²) in [6.07, 6.45) is 3.93. The first-order chi connectivity index (χ1) is 11.4. The Kier molecular flexibility index (Phi) is 6.80. The Hall–Kier alpha value is -1.40. The zero-order valence-corrected chi connectivity index (χ0v) is 15.3. The van der Waals surface area contributed by atoms with Gasteiger partial charge in [0.1, 0.15) is 0 Å². The highest BCUT2D eigenvalue weighted by atomic mass is 32.2. The Morgan fingerprint density at radius 3 is 2.33 bits per heavy atom. The lowest BCUT2D eigenvalue weighted by Crippen LogP contribution is -2.35. The van der Waals surface area contributed by atoms with Crippen molar-refractivity contribution in [2.45, 2.75) is 50.8 Å². The van der Waals surface area contributed by atoms with Crippen LogP contribution in [-0.4, -0.2) is 38.4 Å². The lowest BCUT2D eigenvalue weighted by atomic mass is 10.1. The quantitative estimate of drug-likeness (QED) is 0.707. The maximum absolute atomic E-state index is 12.6. The number of sulfonamides is 1. The van der Waals surface area contributed by atoms with Crippen molar-refractivity contribution in [3.63, 3.8) is 0 Å². The van der Waals surface area contributed by atoms with E-state index < -0.39 is 10.0 Å². The van der Waals surface area contributed by atoms with E-state index in [1.165, 1.54) is 0 Å². The summed E-state index contributed by atoms with van der Waals surface area (Å²) in [6, 6.07) is 6.56. The molecule has 6 heteroatoms. The van der Waals surface area contributed by atoms with Gasteiger partial charge in [0.15, 0.2) is 0 Å². The van der Waals surface area contributed by atoms with Crippen LogP contribution in [0.4, 0.5) is 0 Å². The molecule has 1 aromatic carbocycles. The van der Waals surface area contributed by atoms with Gasteiger partial charge in [-0.25, -0.2) is 8.42 Å². The molecule has 0 atom stereocenters. The van der Waals surface area contributed by atoms with Crippen molar-refractivity contribution >= 4 is 16.0 Å². The second kappa shape index (κ2) is 8.62. The van der Waals surface area contributed by atoms with Crippen LogP contribution in [-0.2, 0) is 26.0 Å². The van der Waals surface area contributed by atoms with E-state index in [-0.39, 0.29) is 12.4 Å². The summed E-state index contributed by atoms with van der Waals surface area (Å²) in [5.41, 5.74) is 0.766. The number of carbonyl (C=O) groups is 1. The second-order valence-electron chi connectivity index (χ2n) is 6.69. The van der Waals surface area contributed by atoms with Crippen molar-refractivity contribution in [2.75, 3.05) is 19.7 Å². The van der Waals surface area contributed by atoms with Crippen LogP contribution in [0.3, 0.4) is 0 Å². The standard InChI is InChI=1S/C18H27NO4S/c1-15(2)10-13-23-18(20)14-16-6-8-17(9-7-16)24(21,22)19-11-4-3-5-12-19/h6-9,15H,3-5,10-14H2,1-2H3. The van der Waals surface area contributed by atoms with Crippen molar-refractivity contribution in [3.8, 4) is 0 Å². The highest BCUT2D eigenvalue weighted by Gasteiger charge is 2.25. The van der Waals surface area contributed by atoms with Crippen LogP contribution in [0.1, 0.15) is 45.1 Å². The Morgan fingerprint density at radius 1 is 1.12 bits per heavy atom. The molecule has 0 radical (unpaired) electrons. The minimum atomic E-state index is -3.41. The van der Waals surface area contributed by atoms with E-state index in [1.807, 2.05) is 0 Å². The average Bonchev–Trinajstić information content (AvgIpc) is 2.56. The van der Waals surface area contributed by atoms with Gasteiger partial charge in [0, 0.05) is 13.1 Å². The number of carbonyl (C=O) groups excluding carboxylic acids is 1. The molecule has 1 fully saturated rings. The number of rotatable bonds is 7. The molecule has 0 saturated carbocycles. The molecule has 0 amide bonds. The molecule has 1 aromatic rings. The lowest BCUT2D eigenvalue weighted by molar-refractivity contribution is -0.143. The Bertz CT molecular complexity index is 631. The average molecular weight is 353 g/mol. The lowest BCUT2D eigenvalue weighted by Gasteiger charge is -2.25. The minimum Gasteiger partial charge on any atom is -0.465 e. The monoisotopic (exact) mass is 353 g/mol. The third-order valence-electron chi connectivity index (χ3n) is 4.18. The van der Waals surface area contributed by atoms with Gasteiger partial charge < -0.3 is 4.74 Å². The fraction of sp³-hybridized carbons (Fsp3) is 0.611. The number of benzene rings is 1. The molecular formula is C18H27NO4S. The molecule has 24 heavy (non-hydrogen) atoms. The second-order valence-corrected chi connectivity index (χ2v) is 8.63. The van der Waals surface area contributed by atoms with Gasteiger partial charge in [-0.1, -0.05) is 32.4 Å². The number of hydrogen-bond acceptors (Lipinski definition) is 4. The SMILES string of the molecule is CC(C)CCOC(=O)Cc1ccc(S(=O)(=O)N2CCCCC2)cc1. The molecule has 1 heterocycles. The molecule has 0 bridgehead atoms. The third kappa shape index (κ3) is 5.31. The fourth-order valence-electron chi connectivity index (χ4n) is 2.66. The van der Waals surface area contributed by atoms with Gasteiger partial charge >= 0.3 is 5.97 Å². The van der Waals surface area contributed by atoms with E-state index in [4.69, 9.17) is 4.74 Å².